The normalized spacial score (nSPS) is 19.4. The molecule has 2 aromatic carbocycles. The summed E-state index contributed by atoms with van der Waals surface area (Å²) in [7, 11) is 0. The van der Waals surface area contributed by atoms with Gasteiger partial charge in [0.15, 0.2) is 0 Å². The van der Waals surface area contributed by atoms with E-state index in [2.05, 4.69) is 10.2 Å². The van der Waals surface area contributed by atoms with Crippen LogP contribution in [0.2, 0.25) is 0 Å². The quantitative estimate of drug-likeness (QED) is 0.792. The third kappa shape index (κ3) is 5.10. The molecule has 0 aliphatic carbocycles. The van der Waals surface area contributed by atoms with E-state index in [1.165, 1.54) is 11.8 Å². The number of rotatable bonds is 6. The van der Waals surface area contributed by atoms with Gasteiger partial charge in [-0.25, -0.2) is 0 Å². The maximum absolute atomic E-state index is 12.7. The molecule has 0 aromatic heterocycles. The summed E-state index contributed by atoms with van der Waals surface area (Å²) >= 11 is 1.48. The Hall–Kier alpha value is -2.51. The second-order valence-electron chi connectivity index (χ2n) is 7.18. The number of hydrogen-bond donors (Lipinski definition) is 1. The topological polar surface area (TPSA) is 61.9 Å². The second kappa shape index (κ2) is 9.33. The highest BCUT2D eigenvalue weighted by Crippen LogP contribution is 2.36. The van der Waals surface area contributed by atoms with Gasteiger partial charge in [0.1, 0.15) is 12.4 Å². The smallest absolute Gasteiger partial charge is 0.238 e. The van der Waals surface area contributed by atoms with Crippen molar-refractivity contribution in [1.29, 1.82) is 0 Å². The van der Waals surface area contributed by atoms with Gasteiger partial charge >= 0.3 is 0 Å². The lowest BCUT2D eigenvalue weighted by atomic mass is 10.2. The number of para-hydroxylation sites is 2. The first-order chi connectivity index (χ1) is 14.2. The molecule has 0 bridgehead atoms. The van der Waals surface area contributed by atoms with Crippen molar-refractivity contribution < 1.29 is 14.3 Å². The Morgan fingerprint density at radius 2 is 1.76 bits per heavy atom. The molecule has 0 saturated carbocycles. The van der Waals surface area contributed by atoms with Gasteiger partial charge in [0.2, 0.25) is 11.8 Å². The number of nitrogens with one attached hydrogen (secondary N) is 1. The molecular weight excluding hydrogens is 386 g/mol. The van der Waals surface area contributed by atoms with E-state index < -0.39 is 0 Å². The number of carbonyl (C=O) groups excluding carboxylic acids is 2. The van der Waals surface area contributed by atoms with Crippen molar-refractivity contribution >= 4 is 29.3 Å². The first-order valence-corrected chi connectivity index (χ1v) is 10.8. The van der Waals surface area contributed by atoms with Crippen LogP contribution in [0, 0.1) is 0 Å². The van der Waals surface area contributed by atoms with Crippen LogP contribution in [0.3, 0.4) is 0 Å². The van der Waals surface area contributed by atoms with Gasteiger partial charge in [-0.2, -0.15) is 0 Å². The number of ether oxygens (including phenoxy) is 1. The summed E-state index contributed by atoms with van der Waals surface area (Å²) < 4.78 is 5.75. The van der Waals surface area contributed by atoms with Crippen molar-refractivity contribution in [1.82, 2.24) is 9.80 Å². The van der Waals surface area contributed by atoms with Gasteiger partial charge in [0.25, 0.3) is 0 Å². The number of anilines is 1. The largest absolute Gasteiger partial charge is 0.492 e. The predicted octanol–water partition coefficient (Wildman–Crippen LogP) is 2.71. The molecule has 2 aliphatic rings. The molecule has 2 aliphatic heterocycles. The molecule has 0 radical (unpaired) electrons. The van der Waals surface area contributed by atoms with Crippen LogP contribution in [0.5, 0.6) is 5.75 Å². The molecule has 0 spiro atoms. The second-order valence-corrected chi connectivity index (χ2v) is 8.42. The number of carbonyl (C=O) groups is 2. The van der Waals surface area contributed by atoms with E-state index in [0.717, 1.165) is 36.0 Å². The number of nitrogens with zero attached hydrogens (tertiary/aromatic N) is 2. The number of thioether (sulfide) groups is 1. The average molecular weight is 412 g/mol. The van der Waals surface area contributed by atoms with Crippen LogP contribution in [0.15, 0.2) is 59.5 Å². The Bertz CT molecular complexity index is 853. The van der Waals surface area contributed by atoms with E-state index >= 15 is 0 Å². The third-order valence-corrected chi connectivity index (χ3v) is 6.49. The van der Waals surface area contributed by atoms with Crippen LogP contribution in [0.4, 0.5) is 5.69 Å². The minimum absolute atomic E-state index is 0.0530. The van der Waals surface area contributed by atoms with E-state index in [0.29, 0.717) is 19.7 Å². The molecule has 1 N–H and O–H groups in total. The highest BCUT2D eigenvalue weighted by Gasteiger charge is 2.31. The Labute approximate surface area is 175 Å². The zero-order valence-electron chi connectivity index (χ0n) is 16.3. The predicted molar refractivity (Wildman–Crippen MR) is 114 cm³/mol. The van der Waals surface area contributed by atoms with Crippen LogP contribution in [-0.2, 0) is 9.59 Å². The monoisotopic (exact) mass is 411 g/mol. The van der Waals surface area contributed by atoms with Crippen LogP contribution in [0.25, 0.3) is 0 Å². The molecule has 7 heteroatoms. The van der Waals surface area contributed by atoms with Crippen LogP contribution >= 0.6 is 11.8 Å². The van der Waals surface area contributed by atoms with Gasteiger partial charge in [0.05, 0.1) is 10.9 Å². The van der Waals surface area contributed by atoms with Crippen LogP contribution in [0.1, 0.15) is 6.42 Å². The lowest BCUT2D eigenvalue weighted by molar-refractivity contribution is -0.134. The van der Waals surface area contributed by atoms with E-state index in [9.17, 15) is 9.59 Å². The Balaban J connectivity index is 1.21. The standard InChI is InChI=1S/C22H25N3O3S/c26-21(16-20-22(27)23-18-8-4-5-9-19(18)29-20)25-12-10-24(11-13-25)14-15-28-17-6-2-1-3-7-17/h1-9,20H,10-16H2,(H,23,27). The minimum atomic E-state index is -0.366. The zero-order valence-corrected chi connectivity index (χ0v) is 17.1. The molecule has 2 heterocycles. The average Bonchev–Trinajstić information content (AvgIpc) is 2.75. The zero-order chi connectivity index (χ0) is 20.1. The number of amides is 2. The molecular formula is C22H25N3O3S. The highest BCUT2D eigenvalue weighted by molar-refractivity contribution is 8.01. The summed E-state index contributed by atoms with van der Waals surface area (Å²) in [6.45, 7) is 4.53. The summed E-state index contributed by atoms with van der Waals surface area (Å²) in [4.78, 5) is 30.3. The van der Waals surface area contributed by atoms with Crippen molar-refractivity contribution in [3.05, 3.63) is 54.6 Å². The highest BCUT2D eigenvalue weighted by atomic mass is 32.2. The Morgan fingerprint density at radius 3 is 2.55 bits per heavy atom. The van der Waals surface area contributed by atoms with Gasteiger partial charge in [-0.15, -0.1) is 11.8 Å². The van der Waals surface area contributed by atoms with Gasteiger partial charge in [-0.05, 0) is 24.3 Å². The molecule has 1 unspecified atom stereocenters. The molecule has 2 aromatic rings. The fourth-order valence-electron chi connectivity index (χ4n) is 3.54. The Kier molecular flexibility index (Phi) is 6.36. The van der Waals surface area contributed by atoms with E-state index in [1.54, 1.807) is 0 Å². The van der Waals surface area contributed by atoms with Crippen molar-refractivity contribution in [3.8, 4) is 5.75 Å². The summed E-state index contributed by atoms with van der Waals surface area (Å²) in [5.74, 6) is 0.849. The van der Waals surface area contributed by atoms with Gasteiger partial charge in [-0.3, -0.25) is 14.5 Å². The maximum atomic E-state index is 12.7. The summed E-state index contributed by atoms with van der Waals surface area (Å²) in [5.41, 5.74) is 0.831. The summed E-state index contributed by atoms with van der Waals surface area (Å²) in [6.07, 6.45) is 0.238. The maximum Gasteiger partial charge on any atom is 0.238 e. The molecule has 4 rings (SSSR count). The van der Waals surface area contributed by atoms with Gasteiger partial charge in [0, 0.05) is 44.0 Å². The van der Waals surface area contributed by atoms with Crippen LogP contribution < -0.4 is 10.1 Å². The molecule has 29 heavy (non-hydrogen) atoms. The molecule has 1 saturated heterocycles. The lowest BCUT2D eigenvalue weighted by Crippen LogP contribution is -2.50. The van der Waals surface area contributed by atoms with Crippen molar-refractivity contribution in [2.75, 3.05) is 44.6 Å². The fourth-order valence-corrected chi connectivity index (χ4v) is 4.65. The van der Waals surface area contributed by atoms with Crippen molar-refractivity contribution in [2.45, 2.75) is 16.6 Å². The minimum Gasteiger partial charge on any atom is -0.492 e. The third-order valence-electron chi connectivity index (χ3n) is 5.21. The van der Waals surface area contributed by atoms with Gasteiger partial charge < -0.3 is 15.0 Å². The molecule has 152 valence electrons. The lowest BCUT2D eigenvalue weighted by Gasteiger charge is -2.35. The number of hydrogen-bond acceptors (Lipinski definition) is 5. The number of benzene rings is 2. The molecule has 2 amide bonds. The molecule has 6 nitrogen and oxygen atoms in total. The van der Waals surface area contributed by atoms with E-state index in [1.807, 2.05) is 59.5 Å². The van der Waals surface area contributed by atoms with Gasteiger partial charge in [-0.1, -0.05) is 30.3 Å². The SMILES string of the molecule is O=C1Nc2ccccc2SC1CC(=O)N1CCN(CCOc2ccccc2)CC1. The van der Waals surface area contributed by atoms with Crippen molar-refractivity contribution in [2.24, 2.45) is 0 Å². The van der Waals surface area contributed by atoms with E-state index in [4.69, 9.17) is 4.74 Å². The summed E-state index contributed by atoms with van der Waals surface area (Å²) in [6, 6.07) is 17.5. The first kappa shape index (κ1) is 19.8. The summed E-state index contributed by atoms with van der Waals surface area (Å²) in [5, 5.41) is 2.54. The molecule has 1 fully saturated rings. The first-order valence-electron chi connectivity index (χ1n) is 9.93. The number of piperazine rings is 1. The fraction of sp³-hybridized carbons (Fsp3) is 0.364. The van der Waals surface area contributed by atoms with E-state index in [-0.39, 0.29) is 23.5 Å². The molecule has 1 atom stereocenters. The number of fused-ring (bicyclic) bond motifs is 1. The Morgan fingerprint density at radius 1 is 1.03 bits per heavy atom. The van der Waals surface area contributed by atoms with Crippen LogP contribution in [-0.4, -0.2) is 66.2 Å². The van der Waals surface area contributed by atoms with Crippen molar-refractivity contribution in [3.63, 3.8) is 0 Å².